The van der Waals surface area contributed by atoms with Gasteiger partial charge in [-0.15, -0.1) is 11.8 Å². The van der Waals surface area contributed by atoms with Gasteiger partial charge in [0.2, 0.25) is 11.8 Å². The topological polar surface area (TPSA) is 113 Å². The molecule has 0 spiro atoms. The standard InChI is InChI=1S/C25H34N2O4S.C2HF3O2/c1-15(2)14-25(24(30)31-4)20-19(22(28)27(3)23(20)29)21(26-25)16-10-12-18(13-11-16)32-17-8-6-5-7-9-17;3-2(4,5)1(6)7/h10-13,15,17,19-21,26H,5-9,14H2,1-4H3;(H,6,7)/t19?,20?,21?,25-;/m1./s1. The summed E-state index contributed by atoms with van der Waals surface area (Å²) in [6, 6.07) is 7.89. The molecule has 2 heterocycles. The molecule has 2 aliphatic heterocycles. The number of hydrogen-bond acceptors (Lipinski definition) is 7. The smallest absolute Gasteiger partial charge is 0.475 e. The number of ether oxygens (including phenoxy) is 1. The molecule has 1 aliphatic carbocycles. The predicted molar refractivity (Wildman–Crippen MR) is 138 cm³/mol. The Kier molecular flexibility index (Phi) is 9.74. The van der Waals surface area contributed by atoms with Crippen molar-refractivity contribution in [3.05, 3.63) is 29.8 Å². The summed E-state index contributed by atoms with van der Waals surface area (Å²) >= 11 is 1.93. The normalized spacial score (nSPS) is 27.3. The van der Waals surface area contributed by atoms with E-state index in [-0.39, 0.29) is 17.7 Å². The van der Waals surface area contributed by atoms with E-state index in [0.29, 0.717) is 11.7 Å². The molecule has 3 aliphatic rings. The maximum absolute atomic E-state index is 13.1. The van der Waals surface area contributed by atoms with Crippen molar-refractivity contribution in [1.29, 1.82) is 0 Å². The molecule has 1 aromatic carbocycles. The second kappa shape index (κ2) is 12.3. The fraction of sp³-hybridized carbons (Fsp3) is 0.630. The lowest BCUT2D eigenvalue weighted by molar-refractivity contribution is -0.192. The van der Waals surface area contributed by atoms with Gasteiger partial charge in [-0.3, -0.25) is 24.6 Å². The lowest BCUT2D eigenvalue weighted by Crippen LogP contribution is -2.56. The molecule has 0 radical (unpaired) electrons. The number of benzene rings is 1. The highest BCUT2D eigenvalue weighted by Crippen LogP contribution is 2.51. The number of halogens is 3. The lowest BCUT2D eigenvalue weighted by Gasteiger charge is -2.33. The number of likely N-dealkylation sites (tertiary alicyclic amines) is 1. The summed E-state index contributed by atoms with van der Waals surface area (Å²) in [6.45, 7) is 4.02. The van der Waals surface area contributed by atoms with Gasteiger partial charge in [0.1, 0.15) is 5.54 Å². The fourth-order valence-electron chi connectivity index (χ4n) is 5.85. The van der Waals surface area contributed by atoms with Crippen molar-refractivity contribution in [3.63, 3.8) is 0 Å². The first kappa shape index (κ1) is 30.9. The predicted octanol–water partition coefficient (Wildman–Crippen LogP) is 4.58. The number of esters is 1. The number of alkyl halides is 3. The Balaban J connectivity index is 0.000000532. The van der Waals surface area contributed by atoms with Gasteiger partial charge in [-0.25, -0.2) is 4.79 Å². The summed E-state index contributed by atoms with van der Waals surface area (Å²) in [5.74, 6) is -4.97. The minimum absolute atomic E-state index is 0.143. The van der Waals surface area contributed by atoms with Gasteiger partial charge in [0, 0.05) is 23.2 Å². The summed E-state index contributed by atoms with van der Waals surface area (Å²) in [5, 5.41) is 11.2. The van der Waals surface area contributed by atoms with Crippen molar-refractivity contribution in [2.45, 2.75) is 80.3 Å². The third-order valence-electron chi connectivity index (χ3n) is 7.49. The molecule has 4 atom stereocenters. The third kappa shape index (κ3) is 6.59. The number of methoxy groups -OCH3 is 1. The number of nitrogens with zero attached hydrogens (tertiary/aromatic N) is 1. The van der Waals surface area contributed by atoms with Gasteiger partial charge < -0.3 is 9.84 Å². The number of carboxylic acids is 1. The Hall–Kier alpha value is -2.60. The van der Waals surface area contributed by atoms with Crippen LogP contribution in [0.5, 0.6) is 0 Å². The maximum Gasteiger partial charge on any atom is 0.490 e. The monoisotopic (exact) mass is 572 g/mol. The molecule has 2 saturated heterocycles. The summed E-state index contributed by atoms with van der Waals surface area (Å²) in [5.41, 5.74) is -0.273. The van der Waals surface area contributed by atoms with E-state index in [4.69, 9.17) is 14.6 Å². The van der Waals surface area contributed by atoms with Crippen LogP contribution < -0.4 is 5.32 Å². The third-order valence-corrected chi connectivity index (χ3v) is 8.84. The zero-order valence-electron chi connectivity index (χ0n) is 22.4. The van der Waals surface area contributed by atoms with Gasteiger partial charge in [0.05, 0.1) is 18.9 Å². The van der Waals surface area contributed by atoms with E-state index in [1.807, 2.05) is 37.7 Å². The molecular weight excluding hydrogens is 537 g/mol. The Bertz CT molecular complexity index is 1070. The number of hydrogen-bond donors (Lipinski definition) is 2. The first-order chi connectivity index (χ1) is 18.2. The average Bonchev–Trinajstić information content (AvgIpc) is 3.33. The number of rotatable bonds is 6. The quantitative estimate of drug-likeness (QED) is 0.376. The lowest BCUT2D eigenvalue weighted by atomic mass is 9.75. The molecule has 8 nitrogen and oxygen atoms in total. The first-order valence-electron chi connectivity index (χ1n) is 13.0. The molecule has 1 aromatic rings. The van der Waals surface area contributed by atoms with Crippen molar-refractivity contribution in [3.8, 4) is 0 Å². The van der Waals surface area contributed by atoms with Crippen LogP contribution in [0.4, 0.5) is 13.2 Å². The van der Waals surface area contributed by atoms with Crippen LogP contribution in [0.25, 0.3) is 0 Å². The largest absolute Gasteiger partial charge is 0.490 e. The summed E-state index contributed by atoms with van der Waals surface area (Å²) in [6.07, 6.45) is 1.82. The molecule has 3 fully saturated rings. The van der Waals surface area contributed by atoms with E-state index in [0.717, 1.165) is 5.56 Å². The SMILES string of the molecule is COC(=O)[C@]1(CC(C)C)NC(c2ccc(SC3CCCCC3)cc2)C2C(=O)N(C)C(=O)C21.O=C(O)C(F)(F)F. The van der Waals surface area contributed by atoms with Crippen LogP contribution >= 0.6 is 11.8 Å². The highest BCUT2D eigenvalue weighted by Gasteiger charge is 2.68. The number of fused-ring (bicyclic) bond motifs is 1. The van der Waals surface area contributed by atoms with Crippen LogP contribution in [-0.2, 0) is 23.9 Å². The number of carbonyl (C=O) groups excluding carboxylic acids is 3. The summed E-state index contributed by atoms with van der Waals surface area (Å²) < 4.78 is 36.9. The number of carboxylic acid groups (broad SMARTS) is 1. The van der Waals surface area contributed by atoms with Gasteiger partial charge in [-0.1, -0.05) is 45.2 Å². The van der Waals surface area contributed by atoms with E-state index in [1.54, 1.807) is 0 Å². The highest BCUT2D eigenvalue weighted by molar-refractivity contribution is 8.00. The van der Waals surface area contributed by atoms with Crippen LogP contribution in [0.2, 0.25) is 0 Å². The molecule has 0 aromatic heterocycles. The van der Waals surface area contributed by atoms with Gasteiger partial charge >= 0.3 is 18.1 Å². The zero-order chi connectivity index (χ0) is 29.1. The minimum atomic E-state index is -5.08. The van der Waals surface area contributed by atoms with E-state index in [2.05, 4.69) is 17.4 Å². The first-order valence-corrected chi connectivity index (χ1v) is 13.8. The molecule has 4 rings (SSSR count). The molecule has 39 heavy (non-hydrogen) atoms. The summed E-state index contributed by atoms with van der Waals surface area (Å²) in [7, 11) is 2.86. The van der Waals surface area contributed by atoms with Gasteiger partial charge in [-0.2, -0.15) is 13.2 Å². The van der Waals surface area contributed by atoms with Crippen LogP contribution in [-0.4, -0.2) is 64.9 Å². The van der Waals surface area contributed by atoms with Crippen molar-refractivity contribution < 1.29 is 42.2 Å². The van der Waals surface area contributed by atoms with E-state index in [9.17, 15) is 27.6 Å². The van der Waals surface area contributed by atoms with Gasteiger partial charge in [0.25, 0.3) is 0 Å². The number of imide groups is 1. The Morgan fingerprint density at radius 1 is 1.13 bits per heavy atom. The fourth-order valence-corrected chi connectivity index (χ4v) is 7.09. The van der Waals surface area contributed by atoms with Crippen molar-refractivity contribution in [1.82, 2.24) is 10.2 Å². The molecule has 1 saturated carbocycles. The maximum atomic E-state index is 13.1. The Labute approximate surface area is 230 Å². The van der Waals surface area contributed by atoms with Gasteiger partial charge in [-0.05, 0) is 42.9 Å². The average molecular weight is 573 g/mol. The second-order valence-corrected chi connectivity index (χ2v) is 12.0. The van der Waals surface area contributed by atoms with Crippen molar-refractivity contribution >= 4 is 35.5 Å². The Morgan fingerprint density at radius 3 is 2.18 bits per heavy atom. The zero-order valence-corrected chi connectivity index (χ0v) is 23.2. The summed E-state index contributed by atoms with van der Waals surface area (Å²) in [4.78, 5) is 50.6. The number of thioether (sulfide) groups is 1. The molecule has 12 heteroatoms. The van der Waals surface area contributed by atoms with Crippen molar-refractivity contribution in [2.24, 2.45) is 17.8 Å². The van der Waals surface area contributed by atoms with E-state index < -0.39 is 41.5 Å². The number of aliphatic carboxylic acids is 1. The molecule has 2 N–H and O–H groups in total. The minimum Gasteiger partial charge on any atom is -0.475 e. The molecule has 3 unspecified atom stereocenters. The highest BCUT2D eigenvalue weighted by atomic mass is 32.2. The van der Waals surface area contributed by atoms with Crippen LogP contribution in [0.1, 0.15) is 64.0 Å². The number of amides is 2. The van der Waals surface area contributed by atoms with Crippen LogP contribution in [0.3, 0.4) is 0 Å². The van der Waals surface area contributed by atoms with Crippen LogP contribution in [0, 0.1) is 17.8 Å². The number of nitrogens with one attached hydrogen (secondary N) is 1. The molecule has 2 amide bonds. The van der Waals surface area contributed by atoms with Crippen LogP contribution in [0.15, 0.2) is 29.2 Å². The number of carbonyl (C=O) groups is 4. The van der Waals surface area contributed by atoms with Gasteiger partial charge in [0.15, 0.2) is 0 Å². The molecular formula is C27H35F3N2O6S. The van der Waals surface area contributed by atoms with E-state index >= 15 is 0 Å². The Morgan fingerprint density at radius 2 is 1.69 bits per heavy atom. The molecule has 216 valence electrons. The second-order valence-electron chi connectivity index (χ2n) is 10.7. The van der Waals surface area contributed by atoms with E-state index in [1.165, 1.54) is 56.1 Å². The molecule has 0 bridgehead atoms. The van der Waals surface area contributed by atoms with Crippen molar-refractivity contribution in [2.75, 3.05) is 14.2 Å².